The molecule has 0 aliphatic heterocycles. The zero-order valence-corrected chi connectivity index (χ0v) is 12.6. The van der Waals surface area contributed by atoms with Crippen molar-refractivity contribution in [3.8, 4) is 22.6 Å². The van der Waals surface area contributed by atoms with Gasteiger partial charge in [0, 0.05) is 24.8 Å². The second kappa shape index (κ2) is 6.39. The molecule has 4 heteroatoms. The Morgan fingerprint density at radius 1 is 1.22 bits per heavy atom. The van der Waals surface area contributed by atoms with Crippen molar-refractivity contribution in [2.45, 2.75) is 6.61 Å². The second-order valence-corrected chi connectivity index (χ2v) is 5.08. The first kappa shape index (κ1) is 14.9. The molecule has 1 heterocycles. The summed E-state index contributed by atoms with van der Waals surface area (Å²) in [5.41, 5.74) is 2.88. The molecule has 2 aromatic carbocycles. The average Bonchev–Trinajstić information content (AvgIpc) is 2.59. The van der Waals surface area contributed by atoms with Crippen LogP contribution in [0.2, 0.25) is 0 Å². The van der Waals surface area contributed by atoms with Gasteiger partial charge in [-0.25, -0.2) is 0 Å². The zero-order chi connectivity index (χ0) is 16.2. The number of benzene rings is 1. The fraction of sp³-hybridized carbons (Fsp3) is 0.105. The molecule has 0 fully saturated rings. The lowest BCUT2D eigenvalue weighted by Crippen LogP contribution is -2.11. The van der Waals surface area contributed by atoms with Gasteiger partial charge in [-0.2, -0.15) is 0 Å². The molecule has 0 saturated heterocycles. The van der Waals surface area contributed by atoms with E-state index in [1.165, 1.54) is 12.3 Å². The first-order chi connectivity index (χ1) is 11.2. The van der Waals surface area contributed by atoms with Crippen LogP contribution in [0.15, 0.2) is 59.5 Å². The molecule has 0 radical (unpaired) electrons. The Kier molecular flexibility index (Phi) is 4.13. The quantitative estimate of drug-likeness (QED) is 0.806. The van der Waals surface area contributed by atoms with Crippen LogP contribution >= 0.6 is 0 Å². The molecule has 3 aromatic rings. The maximum absolute atomic E-state index is 11.7. The zero-order valence-electron chi connectivity index (χ0n) is 12.6. The van der Waals surface area contributed by atoms with Gasteiger partial charge in [-0.05, 0) is 11.6 Å². The van der Waals surface area contributed by atoms with Crippen molar-refractivity contribution in [1.29, 1.82) is 0 Å². The Labute approximate surface area is 134 Å². The summed E-state index contributed by atoms with van der Waals surface area (Å²) in [6, 6.07) is 20.9. The highest BCUT2D eigenvalue weighted by Gasteiger charge is 2.08. The van der Waals surface area contributed by atoms with E-state index < -0.39 is 5.43 Å². The molecular weight excluding hydrogens is 290 g/mol. The minimum absolute atomic E-state index is 0.259. The second-order valence-electron chi connectivity index (χ2n) is 5.08. The molecule has 23 heavy (non-hydrogen) atoms. The Balaban J connectivity index is 2.12. The summed E-state index contributed by atoms with van der Waals surface area (Å²) in [6.07, 6.45) is 1.40. The summed E-state index contributed by atoms with van der Waals surface area (Å²) in [5, 5.41) is 9.75. The average molecular weight is 305 g/mol. The topological polar surface area (TPSA) is 51.5 Å². The van der Waals surface area contributed by atoms with Crippen LogP contribution in [-0.2, 0) is 11.3 Å². The molecule has 0 amide bonds. The summed E-state index contributed by atoms with van der Waals surface area (Å²) < 4.78 is 6.86. The molecule has 1 aromatic heterocycles. The van der Waals surface area contributed by atoms with E-state index in [4.69, 9.17) is 4.74 Å². The number of aromatic hydroxyl groups is 1. The van der Waals surface area contributed by atoms with E-state index in [2.05, 4.69) is 12.1 Å². The number of nitrogens with zero attached hydrogens (tertiary/aromatic N) is 1. The fourth-order valence-electron chi connectivity index (χ4n) is 2.39. The maximum atomic E-state index is 11.7. The van der Waals surface area contributed by atoms with E-state index in [1.807, 2.05) is 36.4 Å². The van der Waals surface area contributed by atoms with Crippen LogP contribution in [0.25, 0.3) is 16.8 Å². The Bertz CT molecular complexity index is 869. The predicted molar refractivity (Wildman–Crippen MR) is 87.5 cm³/mol. The van der Waals surface area contributed by atoms with Crippen molar-refractivity contribution in [1.82, 2.24) is 4.57 Å². The molecule has 0 spiro atoms. The van der Waals surface area contributed by atoms with Gasteiger partial charge < -0.3 is 14.4 Å². The molecule has 114 valence electrons. The van der Waals surface area contributed by atoms with E-state index in [0.29, 0.717) is 5.69 Å². The summed E-state index contributed by atoms with van der Waals surface area (Å²) in [5.74, 6) is -0.307. The number of ether oxygens (including phenoxy) is 1. The maximum Gasteiger partial charge on any atom is 0.223 e. The minimum atomic E-state index is -0.428. The molecule has 1 N–H and O–H groups in total. The fourth-order valence-corrected chi connectivity index (χ4v) is 2.39. The Morgan fingerprint density at radius 3 is 2.74 bits per heavy atom. The third-order valence-corrected chi connectivity index (χ3v) is 3.49. The van der Waals surface area contributed by atoms with E-state index in [0.717, 1.165) is 16.8 Å². The highest BCUT2D eigenvalue weighted by Crippen LogP contribution is 2.21. The number of pyridine rings is 1. The number of hydrogen-bond donors (Lipinski definition) is 1. The molecule has 0 saturated carbocycles. The van der Waals surface area contributed by atoms with Gasteiger partial charge in [-0.15, -0.1) is 0 Å². The summed E-state index contributed by atoms with van der Waals surface area (Å²) in [7, 11) is 1.56. The third-order valence-electron chi connectivity index (χ3n) is 3.49. The van der Waals surface area contributed by atoms with Crippen molar-refractivity contribution < 1.29 is 9.84 Å². The predicted octanol–water partition coefficient (Wildman–Crippen LogP) is 2.96. The number of rotatable bonds is 4. The molecule has 0 aliphatic carbocycles. The van der Waals surface area contributed by atoms with Crippen LogP contribution in [0.1, 0.15) is 5.69 Å². The number of aromatic nitrogens is 1. The normalized spacial score (nSPS) is 10.3. The standard InChI is InChI=1S/C19H15NO3/c1-23-13-17-11-18(21)19(22)12-20(17)16-9-5-8-15(10-16)14-6-3-2-4-7-14/h2-4,6-7,9-12,22H,13H2,1H3. The minimum Gasteiger partial charge on any atom is -0.503 e. The van der Waals surface area contributed by atoms with E-state index in [9.17, 15) is 9.90 Å². The first-order valence-electron chi connectivity index (χ1n) is 7.12. The molecule has 4 nitrogen and oxygen atoms in total. The van der Waals surface area contributed by atoms with Crippen LogP contribution in [0.4, 0.5) is 0 Å². The van der Waals surface area contributed by atoms with Gasteiger partial charge in [0.2, 0.25) is 5.43 Å². The van der Waals surface area contributed by atoms with Gasteiger partial charge >= 0.3 is 0 Å². The van der Waals surface area contributed by atoms with Crippen molar-refractivity contribution in [2.24, 2.45) is 0 Å². The van der Waals surface area contributed by atoms with E-state index >= 15 is 0 Å². The van der Waals surface area contributed by atoms with Crippen molar-refractivity contribution in [3.05, 3.63) is 82.8 Å². The smallest absolute Gasteiger partial charge is 0.223 e. The Morgan fingerprint density at radius 2 is 2.00 bits per heavy atom. The molecular formula is C19H15NO3. The molecule has 0 atom stereocenters. The number of methoxy groups -OCH3 is 1. The van der Waals surface area contributed by atoms with Crippen LogP contribution < -0.4 is 5.43 Å². The van der Waals surface area contributed by atoms with Crippen LogP contribution in [0, 0.1) is 12.1 Å². The van der Waals surface area contributed by atoms with Crippen molar-refractivity contribution in [2.75, 3.05) is 7.11 Å². The molecule has 0 bridgehead atoms. The lowest BCUT2D eigenvalue weighted by Gasteiger charge is -2.13. The van der Waals surface area contributed by atoms with Gasteiger partial charge in [0.05, 0.1) is 24.2 Å². The summed E-state index contributed by atoms with van der Waals surface area (Å²) in [4.78, 5) is 11.7. The largest absolute Gasteiger partial charge is 0.503 e. The first-order valence-corrected chi connectivity index (χ1v) is 7.12. The number of hydrogen-bond acceptors (Lipinski definition) is 3. The lowest BCUT2D eigenvalue weighted by atomic mass is 10.1. The highest BCUT2D eigenvalue weighted by molar-refractivity contribution is 5.64. The van der Waals surface area contributed by atoms with Gasteiger partial charge in [-0.1, -0.05) is 42.5 Å². The molecule has 3 rings (SSSR count). The van der Waals surface area contributed by atoms with E-state index in [1.54, 1.807) is 17.7 Å². The molecule has 0 unspecified atom stereocenters. The molecule has 0 aliphatic rings. The summed E-state index contributed by atoms with van der Waals surface area (Å²) in [6.45, 7) is 0.259. The monoisotopic (exact) mass is 305 g/mol. The third kappa shape index (κ3) is 3.10. The van der Waals surface area contributed by atoms with Crippen molar-refractivity contribution >= 4 is 0 Å². The van der Waals surface area contributed by atoms with Gasteiger partial charge in [-0.3, -0.25) is 4.79 Å². The summed E-state index contributed by atoms with van der Waals surface area (Å²) >= 11 is 0. The van der Waals surface area contributed by atoms with Gasteiger partial charge in [0.15, 0.2) is 5.75 Å². The van der Waals surface area contributed by atoms with Crippen molar-refractivity contribution in [3.63, 3.8) is 0 Å². The van der Waals surface area contributed by atoms with Crippen LogP contribution in [-0.4, -0.2) is 16.8 Å². The van der Waals surface area contributed by atoms with Gasteiger partial charge in [0.25, 0.3) is 0 Å². The SMILES string of the molecule is COCc1cc(=O)c(O)cn1-c1cc#cc(-c2ccccc2)c1. The van der Waals surface area contributed by atoms with E-state index in [-0.39, 0.29) is 12.4 Å². The highest BCUT2D eigenvalue weighted by atomic mass is 16.5. The Hall–Kier alpha value is -3.03. The van der Waals surface area contributed by atoms with Crippen LogP contribution in [0.5, 0.6) is 5.75 Å². The lowest BCUT2D eigenvalue weighted by molar-refractivity contribution is 0.179. The van der Waals surface area contributed by atoms with Gasteiger partial charge in [0.1, 0.15) is 0 Å². The van der Waals surface area contributed by atoms with Crippen LogP contribution in [0.3, 0.4) is 0 Å².